The predicted octanol–water partition coefficient (Wildman–Crippen LogP) is 2.08. The van der Waals surface area contributed by atoms with Crippen LogP contribution in [0.4, 0.5) is 0 Å². The van der Waals surface area contributed by atoms with Crippen molar-refractivity contribution in [2.75, 3.05) is 6.54 Å². The van der Waals surface area contributed by atoms with Crippen LogP contribution in [0.25, 0.3) is 10.9 Å². The first-order chi connectivity index (χ1) is 9.61. The molecule has 5 nitrogen and oxygen atoms in total. The molecule has 0 bridgehead atoms. The molecule has 1 unspecified atom stereocenters. The molecule has 0 spiro atoms. The quantitative estimate of drug-likeness (QED) is 0.873. The number of carboxylic acid groups (broad SMARTS) is 1. The molecule has 0 aliphatic rings. The van der Waals surface area contributed by atoms with E-state index in [0.29, 0.717) is 12.1 Å². The van der Waals surface area contributed by atoms with Crippen molar-refractivity contribution in [3.63, 3.8) is 0 Å². The number of nitrogens with zero attached hydrogens (tertiary/aromatic N) is 1. The molecular weight excluding hydrogens is 256 g/mol. The van der Waals surface area contributed by atoms with Crippen LogP contribution in [0, 0.1) is 5.92 Å². The van der Waals surface area contributed by atoms with Crippen molar-refractivity contribution in [2.45, 2.75) is 13.3 Å². The molecule has 0 saturated heterocycles. The molecule has 0 aliphatic carbocycles. The highest BCUT2D eigenvalue weighted by atomic mass is 16.4. The van der Waals surface area contributed by atoms with Crippen molar-refractivity contribution in [3.8, 4) is 0 Å². The zero-order chi connectivity index (χ0) is 14.5. The van der Waals surface area contributed by atoms with Crippen LogP contribution in [0.15, 0.2) is 36.4 Å². The molecule has 5 heteroatoms. The second kappa shape index (κ2) is 6.14. The van der Waals surface area contributed by atoms with E-state index in [2.05, 4.69) is 10.3 Å². The number of aromatic nitrogens is 1. The van der Waals surface area contributed by atoms with E-state index in [4.69, 9.17) is 5.11 Å². The Morgan fingerprint density at radius 2 is 2.00 bits per heavy atom. The van der Waals surface area contributed by atoms with Crippen molar-refractivity contribution in [1.29, 1.82) is 0 Å². The third-order valence-corrected chi connectivity index (χ3v) is 3.18. The highest BCUT2D eigenvalue weighted by Crippen LogP contribution is 2.11. The summed E-state index contributed by atoms with van der Waals surface area (Å²) < 4.78 is 0. The monoisotopic (exact) mass is 272 g/mol. The minimum absolute atomic E-state index is 0.110. The number of amides is 1. The Morgan fingerprint density at radius 3 is 2.70 bits per heavy atom. The summed E-state index contributed by atoms with van der Waals surface area (Å²) in [6, 6.07) is 11.0. The van der Waals surface area contributed by atoms with Gasteiger partial charge in [0.1, 0.15) is 5.69 Å². The van der Waals surface area contributed by atoms with Gasteiger partial charge in [-0.1, -0.05) is 31.2 Å². The van der Waals surface area contributed by atoms with E-state index in [1.165, 1.54) is 0 Å². The maximum absolute atomic E-state index is 12.0. The molecule has 1 amide bonds. The van der Waals surface area contributed by atoms with Crippen molar-refractivity contribution in [2.24, 2.45) is 5.92 Å². The van der Waals surface area contributed by atoms with Crippen LogP contribution in [-0.4, -0.2) is 28.5 Å². The van der Waals surface area contributed by atoms with Gasteiger partial charge in [0.25, 0.3) is 5.91 Å². The molecule has 20 heavy (non-hydrogen) atoms. The summed E-state index contributed by atoms with van der Waals surface area (Å²) in [7, 11) is 0. The molecule has 2 N–H and O–H groups in total. The number of nitrogens with one attached hydrogen (secondary N) is 1. The molecule has 104 valence electrons. The molecular formula is C15H16N2O3. The van der Waals surface area contributed by atoms with E-state index in [-0.39, 0.29) is 12.5 Å². The van der Waals surface area contributed by atoms with E-state index in [1.807, 2.05) is 30.3 Å². The summed E-state index contributed by atoms with van der Waals surface area (Å²) in [6.45, 7) is 1.89. The fourth-order valence-electron chi connectivity index (χ4n) is 1.91. The van der Waals surface area contributed by atoms with Crippen LogP contribution >= 0.6 is 0 Å². The number of carbonyl (C=O) groups excluding carboxylic acids is 1. The number of hydrogen-bond acceptors (Lipinski definition) is 3. The van der Waals surface area contributed by atoms with Gasteiger partial charge in [-0.05, 0) is 18.6 Å². The average Bonchev–Trinajstić information content (AvgIpc) is 2.46. The lowest BCUT2D eigenvalue weighted by Crippen LogP contribution is -2.33. The van der Waals surface area contributed by atoms with Gasteiger partial charge >= 0.3 is 5.97 Å². The second-order valence-electron chi connectivity index (χ2n) is 4.54. The first-order valence-corrected chi connectivity index (χ1v) is 6.48. The van der Waals surface area contributed by atoms with Gasteiger partial charge in [-0.3, -0.25) is 9.59 Å². The summed E-state index contributed by atoms with van der Waals surface area (Å²) >= 11 is 0. The molecule has 1 atom stereocenters. The van der Waals surface area contributed by atoms with E-state index in [1.54, 1.807) is 13.0 Å². The third kappa shape index (κ3) is 3.12. The number of benzene rings is 1. The highest BCUT2D eigenvalue weighted by Gasteiger charge is 2.17. The maximum atomic E-state index is 12.0. The number of rotatable bonds is 5. The number of hydrogen-bond donors (Lipinski definition) is 2. The molecule has 0 aliphatic heterocycles. The van der Waals surface area contributed by atoms with Gasteiger partial charge in [-0.15, -0.1) is 0 Å². The summed E-state index contributed by atoms with van der Waals surface area (Å²) in [6.07, 6.45) is 0.473. The second-order valence-corrected chi connectivity index (χ2v) is 4.54. The molecule has 1 aromatic carbocycles. The zero-order valence-corrected chi connectivity index (χ0v) is 11.2. The fourth-order valence-corrected chi connectivity index (χ4v) is 1.91. The third-order valence-electron chi connectivity index (χ3n) is 3.18. The lowest BCUT2D eigenvalue weighted by molar-refractivity contribution is -0.141. The van der Waals surface area contributed by atoms with Crippen LogP contribution in [0.3, 0.4) is 0 Å². The summed E-state index contributed by atoms with van der Waals surface area (Å²) in [4.78, 5) is 27.1. The minimum atomic E-state index is -0.903. The number of aliphatic carboxylic acids is 1. The average molecular weight is 272 g/mol. The van der Waals surface area contributed by atoms with Crippen LogP contribution in [0.1, 0.15) is 23.8 Å². The summed E-state index contributed by atoms with van der Waals surface area (Å²) in [5, 5.41) is 12.5. The topological polar surface area (TPSA) is 79.3 Å². The van der Waals surface area contributed by atoms with E-state index in [0.717, 1.165) is 10.9 Å². The fraction of sp³-hybridized carbons (Fsp3) is 0.267. The Labute approximate surface area is 116 Å². The van der Waals surface area contributed by atoms with Crippen LogP contribution in [-0.2, 0) is 4.79 Å². The van der Waals surface area contributed by atoms with Gasteiger partial charge < -0.3 is 10.4 Å². The smallest absolute Gasteiger partial charge is 0.308 e. The molecule has 1 aromatic heterocycles. The van der Waals surface area contributed by atoms with Crippen LogP contribution < -0.4 is 5.32 Å². The highest BCUT2D eigenvalue weighted by molar-refractivity contribution is 5.95. The van der Waals surface area contributed by atoms with Gasteiger partial charge in [0, 0.05) is 11.9 Å². The molecule has 0 fully saturated rings. The normalized spacial score (nSPS) is 12.1. The Kier molecular flexibility index (Phi) is 4.30. The van der Waals surface area contributed by atoms with Gasteiger partial charge in [0.15, 0.2) is 0 Å². The lowest BCUT2D eigenvalue weighted by atomic mass is 10.1. The van der Waals surface area contributed by atoms with Crippen molar-refractivity contribution < 1.29 is 14.7 Å². The number of carbonyl (C=O) groups is 2. The number of para-hydroxylation sites is 1. The van der Waals surface area contributed by atoms with Crippen molar-refractivity contribution in [1.82, 2.24) is 10.3 Å². The first-order valence-electron chi connectivity index (χ1n) is 6.48. The zero-order valence-electron chi connectivity index (χ0n) is 11.2. The largest absolute Gasteiger partial charge is 0.481 e. The van der Waals surface area contributed by atoms with E-state index in [9.17, 15) is 9.59 Å². The van der Waals surface area contributed by atoms with Crippen LogP contribution in [0.2, 0.25) is 0 Å². The number of pyridine rings is 1. The van der Waals surface area contributed by atoms with E-state index < -0.39 is 11.9 Å². The SMILES string of the molecule is CCC(CNC(=O)c1ccc2ccccc2n1)C(=O)O. The standard InChI is InChI=1S/C15H16N2O3/c1-2-10(15(19)20)9-16-14(18)13-8-7-11-5-3-4-6-12(11)17-13/h3-8,10H,2,9H2,1H3,(H,16,18)(H,19,20). The van der Waals surface area contributed by atoms with Crippen molar-refractivity contribution in [3.05, 3.63) is 42.1 Å². The van der Waals surface area contributed by atoms with E-state index >= 15 is 0 Å². The van der Waals surface area contributed by atoms with Gasteiger partial charge in [0.05, 0.1) is 11.4 Å². The number of carboxylic acids is 1. The molecule has 0 saturated carbocycles. The first kappa shape index (κ1) is 14.0. The Morgan fingerprint density at radius 1 is 1.25 bits per heavy atom. The summed E-state index contributed by atoms with van der Waals surface area (Å²) in [5.41, 5.74) is 1.04. The van der Waals surface area contributed by atoms with Gasteiger partial charge in [-0.25, -0.2) is 4.98 Å². The van der Waals surface area contributed by atoms with Gasteiger partial charge in [0.2, 0.25) is 0 Å². The predicted molar refractivity (Wildman–Crippen MR) is 75.5 cm³/mol. The molecule has 1 heterocycles. The molecule has 2 rings (SSSR count). The lowest BCUT2D eigenvalue weighted by Gasteiger charge is -2.10. The van der Waals surface area contributed by atoms with Crippen LogP contribution in [0.5, 0.6) is 0 Å². The molecule has 2 aromatic rings. The Bertz CT molecular complexity index is 640. The Balaban J connectivity index is 2.09. The van der Waals surface area contributed by atoms with Crippen molar-refractivity contribution >= 4 is 22.8 Å². The number of fused-ring (bicyclic) bond motifs is 1. The maximum Gasteiger partial charge on any atom is 0.308 e. The summed E-state index contributed by atoms with van der Waals surface area (Å²) in [5.74, 6) is -1.82. The Hall–Kier alpha value is -2.43. The van der Waals surface area contributed by atoms with Gasteiger partial charge in [-0.2, -0.15) is 0 Å². The minimum Gasteiger partial charge on any atom is -0.481 e. The molecule has 0 radical (unpaired) electrons.